The lowest BCUT2D eigenvalue weighted by Gasteiger charge is -2.20. The second kappa shape index (κ2) is 6.04. The van der Waals surface area contributed by atoms with Gasteiger partial charge in [-0.2, -0.15) is 0 Å². The molecule has 1 unspecified atom stereocenters. The molecule has 2 rings (SSSR count). The fraction of sp³-hybridized carbons (Fsp3) is 0.375. The molecule has 0 aliphatic rings. The van der Waals surface area contributed by atoms with E-state index in [1.54, 1.807) is 6.07 Å². The van der Waals surface area contributed by atoms with Gasteiger partial charge in [-0.25, -0.2) is 0 Å². The van der Waals surface area contributed by atoms with Crippen molar-refractivity contribution in [2.75, 3.05) is 20.6 Å². The predicted molar refractivity (Wildman–Crippen MR) is 80.5 cm³/mol. The van der Waals surface area contributed by atoms with Crippen LogP contribution in [-0.4, -0.2) is 36.7 Å². The average Bonchev–Trinajstić information content (AvgIpc) is 2.41. The molecule has 0 aromatic heterocycles. The number of nitrogens with one attached hydrogen (secondary N) is 1. The molecule has 0 radical (unpaired) electrons. The molecule has 0 saturated carbocycles. The molecule has 3 nitrogen and oxygen atoms in total. The molecule has 0 amide bonds. The first-order chi connectivity index (χ1) is 9.09. The Hall–Kier alpha value is -1.58. The molecule has 3 heteroatoms. The summed E-state index contributed by atoms with van der Waals surface area (Å²) in [7, 11) is 4.14. The topological polar surface area (TPSA) is 35.5 Å². The van der Waals surface area contributed by atoms with Gasteiger partial charge < -0.3 is 15.3 Å². The van der Waals surface area contributed by atoms with Gasteiger partial charge in [-0.3, -0.25) is 0 Å². The van der Waals surface area contributed by atoms with Crippen LogP contribution in [0.5, 0.6) is 5.75 Å². The number of hydrogen-bond donors (Lipinski definition) is 2. The Morgan fingerprint density at radius 3 is 2.63 bits per heavy atom. The minimum Gasteiger partial charge on any atom is -0.508 e. The second-order valence-corrected chi connectivity index (χ2v) is 5.23. The monoisotopic (exact) mass is 258 g/mol. The summed E-state index contributed by atoms with van der Waals surface area (Å²) in [6.45, 7) is 3.76. The Balaban J connectivity index is 2.14. The van der Waals surface area contributed by atoms with E-state index in [0.717, 1.165) is 22.9 Å². The highest BCUT2D eigenvalue weighted by atomic mass is 16.3. The minimum atomic E-state index is 0.365. The Morgan fingerprint density at radius 1 is 1.16 bits per heavy atom. The van der Waals surface area contributed by atoms with E-state index >= 15 is 0 Å². The first-order valence-electron chi connectivity index (χ1n) is 6.66. The molecule has 2 N–H and O–H groups in total. The van der Waals surface area contributed by atoms with Crippen LogP contribution in [0.1, 0.15) is 12.5 Å². The summed E-state index contributed by atoms with van der Waals surface area (Å²) in [5, 5.41) is 15.7. The molecule has 1 atom stereocenters. The Kier molecular flexibility index (Phi) is 4.40. The van der Waals surface area contributed by atoms with Crippen molar-refractivity contribution < 1.29 is 5.11 Å². The number of nitrogens with zero attached hydrogens (tertiary/aromatic N) is 1. The van der Waals surface area contributed by atoms with E-state index in [1.165, 1.54) is 0 Å². The Morgan fingerprint density at radius 2 is 1.89 bits per heavy atom. The molecular weight excluding hydrogens is 236 g/mol. The zero-order valence-corrected chi connectivity index (χ0v) is 11.9. The van der Waals surface area contributed by atoms with Crippen LogP contribution < -0.4 is 5.32 Å². The maximum Gasteiger partial charge on any atom is 0.120 e. The summed E-state index contributed by atoms with van der Waals surface area (Å²) < 4.78 is 0. The van der Waals surface area contributed by atoms with Crippen LogP contribution >= 0.6 is 0 Å². The molecule has 2 aromatic rings. The number of aromatic hydroxyl groups is 1. The quantitative estimate of drug-likeness (QED) is 0.865. The lowest BCUT2D eigenvalue weighted by atomic mass is 10.0. The molecule has 0 fully saturated rings. The van der Waals surface area contributed by atoms with Gasteiger partial charge in [-0.15, -0.1) is 0 Å². The standard InChI is InChI=1S/C16H22N2O/c1-12(18(2)3)10-17-11-15-14-7-5-4-6-13(14)8-9-16(15)19/h4-9,12,17,19H,10-11H2,1-3H3. The Bertz CT molecular complexity index is 551. The first-order valence-corrected chi connectivity index (χ1v) is 6.66. The van der Waals surface area contributed by atoms with Crippen molar-refractivity contribution in [2.24, 2.45) is 0 Å². The van der Waals surface area contributed by atoms with Gasteiger partial charge in [0, 0.05) is 24.7 Å². The molecule has 0 heterocycles. The maximum absolute atomic E-state index is 10.0. The molecule has 0 aliphatic heterocycles. The number of fused-ring (bicyclic) bond motifs is 1. The summed E-state index contributed by atoms with van der Waals surface area (Å²) in [5.41, 5.74) is 0.976. The second-order valence-electron chi connectivity index (χ2n) is 5.23. The molecule has 0 bridgehead atoms. The van der Waals surface area contributed by atoms with Crippen molar-refractivity contribution >= 4 is 10.8 Å². The highest BCUT2D eigenvalue weighted by Crippen LogP contribution is 2.26. The molecule has 19 heavy (non-hydrogen) atoms. The molecule has 102 valence electrons. The van der Waals surface area contributed by atoms with Gasteiger partial charge in [0.05, 0.1) is 0 Å². The fourth-order valence-corrected chi connectivity index (χ4v) is 2.10. The van der Waals surface area contributed by atoms with Gasteiger partial charge in [0.2, 0.25) is 0 Å². The van der Waals surface area contributed by atoms with E-state index in [0.29, 0.717) is 18.3 Å². The van der Waals surface area contributed by atoms with Crippen LogP contribution in [0.15, 0.2) is 36.4 Å². The van der Waals surface area contributed by atoms with Crippen molar-refractivity contribution in [3.63, 3.8) is 0 Å². The molecule has 0 aliphatic carbocycles. The third-order valence-corrected chi connectivity index (χ3v) is 3.64. The number of rotatable bonds is 5. The smallest absolute Gasteiger partial charge is 0.120 e. The predicted octanol–water partition coefficient (Wildman–Crippen LogP) is 2.59. The fourth-order valence-electron chi connectivity index (χ4n) is 2.10. The zero-order chi connectivity index (χ0) is 13.8. The van der Waals surface area contributed by atoms with Crippen LogP contribution in [0, 0.1) is 0 Å². The zero-order valence-electron chi connectivity index (χ0n) is 11.9. The highest BCUT2D eigenvalue weighted by Gasteiger charge is 2.08. The van der Waals surface area contributed by atoms with Gasteiger partial charge >= 0.3 is 0 Å². The SMILES string of the molecule is CC(CNCc1c(O)ccc2ccccc12)N(C)C. The lowest BCUT2D eigenvalue weighted by Crippen LogP contribution is -2.35. The van der Waals surface area contributed by atoms with Gasteiger partial charge in [0.1, 0.15) is 5.75 Å². The van der Waals surface area contributed by atoms with Crippen molar-refractivity contribution in [1.29, 1.82) is 0 Å². The number of likely N-dealkylation sites (N-methyl/N-ethyl adjacent to an activating group) is 1. The normalized spacial score (nSPS) is 13.1. The van der Waals surface area contributed by atoms with Crippen molar-refractivity contribution in [1.82, 2.24) is 10.2 Å². The Labute approximate surface area is 114 Å². The summed E-state index contributed by atoms with van der Waals surface area (Å²) in [5.74, 6) is 0.365. The van der Waals surface area contributed by atoms with Crippen LogP contribution in [0.2, 0.25) is 0 Å². The van der Waals surface area contributed by atoms with Gasteiger partial charge in [0.15, 0.2) is 0 Å². The van der Waals surface area contributed by atoms with Gasteiger partial charge in [-0.05, 0) is 37.9 Å². The molecular formula is C16H22N2O. The van der Waals surface area contributed by atoms with Crippen molar-refractivity contribution in [3.8, 4) is 5.75 Å². The minimum absolute atomic E-state index is 0.365. The first kappa shape index (κ1) is 13.8. The third kappa shape index (κ3) is 3.25. The van der Waals surface area contributed by atoms with E-state index in [9.17, 15) is 5.11 Å². The summed E-state index contributed by atoms with van der Waals surface area (Å²) in [6, 6.07) is 12.4. The van der Waals surface area contributed by atoms with Crippen molar-refractivity contribution in [2.45, 2.75) is 19.5 Å². The van der Waals surface area contributed by atoms with Gasteiger partial charge in [-0.1, -0.05) is 30.3 Å². The number of phenolic OH excluding ortho intramolecular Hbond substituents is 1. The van der Waals surface area contributed by atoms with Crippen molar-refractivity contribution in [3.05, 3.63) is 42.0 Å². The largest absolute Gasteiger partial charge is 0.508 e. The van der Waals surface area contributed by atoms with Gasteiger partial charge in [0.25, 0.3) is 0 Å². The van der Waals surface area contributed by atoms with E-state index in [4.69, 9.17) is 0 Å². The van der Waals surface area contributed by atoms with E-state index < -0.39 is 0 Å². The van der Waals surface area contributed by atoms with Crippen LogP contribution in [0.3, 0.4) is 0 Å². The summed E-state index contributed by atoms with van der Waals surface area (Å²) in [6.07, 6.45) is 0. The molecule has 0 saturated heterocycles. The van der Waals surface area contributed by atoms with Crippen LogP contribution in [0.4, 0.5) is 0 Å². The highest BCUT2D eigenvalue weighted by molar-refractivity contribution is 5.87. The molecule has 0 spiro atoms. The summed E-state index contributed by atoms with van der Waals surface area (Å²) in [4.78, 5) is 2.18. The molecule has 2 aromatic carbocycles. The van der Waals surface area contributed by atoms with E-state index in [1.807, 2.05) is 18.2 Å². The lowest BCUT2D eigenvalue weighted by molar-refractivity contribution is 0.302. The summed E-state index contributed by atoms with van der Waals surface area (Å²) >= 11 is 0. The van der Waals surface area contributed by atoms with Crippen LogP contribution in [0.25, 0.3) is 10.8 Å². The number of phenols is 1. The third-order valence-electron chi connectivity index (χ3n) is 3.64. The number of benzene rings is 2. The maximum atomic E-state index is 10.0. The average molecular weight is 258 g/mol. The number of hydrogen-bond acceptors (Lipinski definition) is 3. The van der Waals surface area contributed by atoms with E-state index in [2.05, 4.69) is 43.4 Å². The van der Waals surface area contributed by atoms with Crippen LogP contribution in [-0.2, 0) is 6.54 Å². The van der Waals surface area contributed by atoms with E-state index in [-0.39, 0.29) is 0 Å².